The number of hydrogen-bond donors (Lipinski definition) is 1. The molecule has 0 amide bonds. The van der Waals surface area contributed by atoms with E-state index in [1.165, 1.54) is 116 Å². The number of carbonyl (C=O) groups is 1. The highest BCUT2D eigenvalue weighted by Crippen LogP contribution is 2.19. The minimum absolute atomic E-state index is 0.109. The second-order valence-corrected chi connectivity index (χ2v) is 9.32. The van der Waals surface area contributed by atoms with Crippen molar-refractivity contribution in [3.63, 3.8) is 0 Å². The van der Waals surface area contributed by atoms with Crippen LogP contribution < -0.4 is 0 Å². The van der Waals surface area contributed by atoms with Gasteiger partial charge in [-0.1, -0.05) is 129 Å². The Balaban J connectivity index is 3.48. The van der Waals surface area contributed by atoms with Gasteiger partial charge in [0.25, 0.3) is 0 Å². The number of rotatable bonds is 24. The first kappa shape index (κ1) is 29.2. The van der Waals surface area contributed by atoms with Crippen molar-refractivity contribution in [2.75, 3.05) is 0 Å². The molecule has 0 aliphatic rings. The van der Waals surface area contributed by atoms with Crippen LogP contribution in [0.2, 0.25) is 0 Å². The van der Waals surface area contributed by atoms with E-state index in [0.717, 1.165) is 25.7 Å². The van der Waals surface area contributed by atoms with Gasteiger partial charge in [0.1, 0.15) is 0 Å². The van der Waals surface area contributed by atoms with Crippen molar-refractivity contribution in [2.24, 2.45) is 5.92 Å². The molecule has 0 rings (SSSR count). The van der Waals surface area contributed by atoms with Crippen molar-refractivity contribution in [1.29, 1.82) is 0 Å². The fourth-order valence-electron chi connectivity index (χ4n) is 4.20. The normalized spacial score (nSPS) is 12.6. The molecule has 1 atom stereocenters. The summed E-state index contributed by atoms with van der Waals surface area (Å²) in [7, 11) is 0. The smallest absolute Gasteiger partial charge is 0.306 e. The molecule has 178 valence electrons. The van der Waals surface area contributed by atoms with Gasteiger partial charge in [-0.2, -0.15) is 0 Å². The van der Waals surface area contributed by atoms with Crippen molar-refractivity contribution in [3.8, 4) is 0 Å². The summed E-state index contributed by atoms with van der Waals surface area (Å²) in [6.07, 6.45) is 32.2. The minimum Gasteiger partial charge on any atom is -0.481 e. The summed E-state index contributed by atoms with van der Waals surface area (Å²) >= 11 is 0. The van der Waals surface area contributed by atoms with E-state index in [1.807, 2.05) is 0 Å². The summed E-state index contributed by atoms with van der Waals surface area (Å²) in [5.41, 5.74) is 0. The van der Waals surface area contributed by atoms with Crippen LogP contribution in [-0.4, -0.2) is 11.1 Å². The van der Waals surface area contributed by atoms with Gasteiger partial charge in [-0.25, -0.2) is 0 Å². The van der Waals surface area contributed by atoms with Crippen molar-refractivity contribution in [3.05, 3.63) is 12.2 Å². The lowest BCUT2D eigenvalue weighted by molar-refractivity contribution is -0.142. The third-order valence-electron chi connectivity index (χ3n) is 6.32. The lowest BCUT2D eigenvalue weighted by Crippen LogP contribution is -2.13. The average molecular weight is 423 g/mol. The van der Waals surface area contributed by atoms with Crippen LogP contribution in [0, 0.1) is 5.92 Å². The summed E-state index contributed by atoms with van der Waals surface area (Å²) in [6, 6.07) is 0. The van der Waals surface area contributed by atoms with Crippen LogP contribution in [0.3, 0.4) is 0 Å². The van der Waals surface area contributed by atoms with E-state index in [2.05, 4.69) is 26.0 Å². The summed E-state index contributed by atoms with van der Waals surface area (Å²) in [5, 5.41) is 9.47. The number of unbranched alkanes of at least 4 members (excludes halogenated alkanes) is 17. The first-order valence-corrected chi connectivity index (χ1v) is 13.6. The first-order valence-electron chi connectivity index (χ1n) is 13.6. The molecule has 0 radical (unpaired) electrons. The summed E-state index contributed by atoms with van der Waals surface area (Å²) in [5.74, 6) is -0.683. The fourth-order valence-corrected chi connectivity index (χ4v) is 4.20. The van der Waals surface area contributed by atoms with Crippen LogP contribution in [0.15, 0.2) is 12.2 Å². The molecule has 0 aromatic carbocycles. The molecule has 0 heterocycles. The van der Waals surface area contributed by atoms with E-state index in [0.29, 0.717) is 0 Å². The molecule has 1 N–H and O–H groups in total. The molecule has 0 aliphatic heterocycles. The third-order valence-corrected chi connectivity index (χ3v) is 6.32. The van der Waals surface area contributed by atoms with E-state index in [1.54, 1.807) is 0 Å². The predicted octanol–water partition coefficient (Wildman–Crippen LogP) is 9.87. The monoisotopic (exact) mass is 422 g/mol. The molecule has 0 aromatic rings. The van der Waals surface area contributed by atoms with Gasteiger partial charge in [-0.05, 0) is 38.5 Å². The summed E-state index contributed by atoms with van der Waals surface area (Å²) < 4.78 is 0. The number of aliphatic carboxylic acids is 1. The van der Waals surface area contributed by atoms with Gasteiger partial charge in [-0.15, -0.1) is 0 Å². The number of carboxylic acid groups (broad SMARTS) is 1. The van der Waals surface area contributed by atoms with Crippen LogP contribution >= 0.6 is 0 Å². The molecule has 0 aliphatic carbocycles. The average Bonchev–Trinajstić information content (AvgIpc) is 2.74. The zero-order chi connectivity index (χ0) is 22.1. The van der Waals surface area contributed by atoms with Crippen LogP contribution in [0.1, 0.15) is 155 Å². The molecular weight excluding hydrogens is 368 g/mol. The van der Waals surface area contributed by atoms with Gasteiger partial charge in [0.15, 0.2) is 0 Å². The van der Waals surface area contributed by atoms with E-state index in [-0.39, 0.29) is 5.92 Å². The Morgan fingerprint density at radius 1 is 0.567 bits per heavy atom. The molecule has 1 unspecified atom stereocenters. The van der Waals surface area contributed by atoms with Crippen molar-refractivity contribution in [2.45, 2.75) is 155 Å². The van der Waals surface area contributed by atoms with Crippen molar-refractivity contribution < 1.29 is 9.90 Å². The van der Waals surface area contributed by atoms with E-state index < -0.39 is 5.97 Å². The van der Waals surface area contributed by atoms with E-state index in [4.69, 9.17) is 0 Å². The highest BCUT2D eigenvalue weighted by molar-refractivity contribution is 5.69. The van der Waals surface area contributed by atoms with Gasteiger partial charge in [0.05, 0.1) is 5.92 Å². The first-order chi connectivity index (χ1) is 14.7. The van der Waals surface area contributed by atoms with Gasteiger partial charge in [0, 0.05) is 0 Å². The largest absolute Gasteiger partial charge is 0.481 e. The highest BCUT2D eigenvalue weighted by atomic mass is 16.4. The zero-order valence-corrected chi connectivity index (χ0v) is 20.6. The number of carboxylic acids is 1. The van der Waals surface area contributed by atoms with Crippen LogP contribution in [0.25, 0.3) is 0 Å². The van der Waals surface area contributed by atoms with Gasteiger partial charge in [0.2, 0.25) is 0 Å². The minimum atomic E-state index is -0.574. The Bertz CT molecular complexity index is 375. The molecule has 0 fully saturated rings. The summed E-state index contributed by atoms with van der Waals surface area (Å²) in [6.45, 7) is 4.52. The fraction of sp³-hybridized carbons (Fsp3) is 0.893. The maximum atomic E-state index is 11.5. The van der Waals surface area contributed by atoms with Crippen molar-refractivity contribution >= 4 is 5.97 Å². The Hall–Kier alpha value is -0.790. The number of allylic oxidation sites excluding steroid dienone is 2. The van der Waals surface area contributed by atoms with Crippen molar-refractivity contribution in [1.82, 2.24) is 0 Å². The Morgan fingerprint density at radius 2 is 0.900 bits per heavy atom. The SMILES string of the molecule is CCCCCCCCC=CCCCCCCC(CCCCCCCCCC)C(=O)O. The Labute approximate surface area is 189 Å². The van der Waals surface area contributed by atoms with Crippen LogP contribution in [-0.2, 0) is 4.79 Å². The molecule has 2 heteroatoms. The second-order valence-electron chi connectivity index (χ2n) is 9.32. The van der Waals surface area contributed by atoms with Gasteiger partial charge < -0.3 is 5.11 Å². The van der Waals surface area contributed by atoms with E-state index >= 15 is 0 Å². The molecule has 0 bridgehead atoms. The summed E-state index contributed by atoms with van der Waals surface area (Å²) in [4.78, 5) is 11.5. The Kier molecular flexibility index (Phi) is 23.8. The van der Waals surface area contributed by atoms with E-state index in [9.17, 15) is 9.90 Å². The van der Waals surface area contributed by atoms with Gasteiger partial charge >= 0.3 is 5.97 Å². The predicted molar refractivity (Wildman–Crippen MR) is 133 cm³/mol. The molecule has 0 spiro atoms. The lowest BCUT2D eigenvalue weighted by atomic mass is 9.94. The third kappa shape index (κ3) is 21.9. The topological polar surface area (TPSA) is 37.3 Å². The highest BCUT2D eigenvalue weighted by Gasteiger charge is 2.16. The second kappa shape index (κ2) is 24.5. The molecule has 0 saturated carbocycles. The Morgan fingerprint density at radius 3 is 1.27 bits per heavy atom. The molecule has 2 nitrogen and oxygen atoms in total. The standard InChI is InChI=1S/C28H54O2/c1-3-5-7-9-11-13-14-15-16-17-18-20-22-24-26-27(28(29)30)25-23-21-19-12-10-8-6-4-2/h15-16,27H,3-14,17-26H2,1-2H3,(H,29,30). The van der Waals surface area contributed by atoms with Crippen LogP contribution in [0.5, 0.6) is 0 Å². The number of hydrogen-bond acceptors (Lipinski definition) is 1. The molecule has 30 heavy (non-hydrogen) atoms. The molecule has 0 saturated heterocycles. The zero-order valence-electron chi connectivity index (χ0n) is 20.6. The quantitative estimate of drug-likeness (QED) is 0.124. The molecule has 0 aromatic heterocycles. The molecular formula is C28H54O2. The van der Waals surface area contributed by atoms with Gasteiger partial charge in [-0.3, -0.25) is 4.79 Å². The van der Waals surface area contributed by atoms with Crippen LogP contribution in [0.4, 0.5) is 0 Å². The maximum absolute atomic E-state index is 11.5. The lowest BCUT2D eigenvalue weighted by Gasteiger charge is -2.12. The maximum Gasteiger partial charge on any atom is 0.306 e.